The lowest BCUT2D eigenvalue weighted by molar-refractivity contribution is 0.0697. The maximum absolute atomic E-state index is 11.2. The van der Waals surface area contributed by atoms with Gasteiger partial charge in [0.05, 0.1) is 22.5 Å². The average molecular weight is 449 g/mol. The Morgan fingerprint density at radius 2 is 1.53 bits per heavy atom. The first-order valence-electron chi connectivity index (χ1n) is 11.0. The molecule has 0 bridgehead atoms. The van der Waals surface area contributed by atoms with Crippen LogP contribution in [0.2, 0.25) is 0 Å². The SMILES string of the molecule is C.CC(C)c1cccc2c(-c3ccccc3)cc(-c3ccc(-c4ccc(C(=O)O)cc4)[nH]3)nc12. The molecule has 4 nitrogen and oxygen atoms in total. The number of H-pyrrole nitrogens is 1. The Labute approximate surface area is 199 Å². The molecule has 0 spiro atoms. The Morgan fingerprint density at radius 3 is 2.21 bits per heavy atom. The molecule has 170 valence electrons. The summed E-state index contributed by atoms with van der Waals surface area (Å²) in [6.07, 6.45) is 0. The monoisotopic (exact) mass is 448 g/mol. The fourth-order valence-corrected chi connectivity index (χ4v) is 4.24. The van der Waals surface area contributed by atoms with Crippen LogP contribution < -0.4 is 0 Å². The molecular formula is C30H28N2O2. The lowest BCUT2D eigenvalue weighted by Gasteiger charge is -2.14. The van der Waals surface area contributed by atoms with E-state index in [-0.39, 0.29) is 13.0 Å². The van der Waals surface area contributed by atoms with Crippen LogP contribution in [0.25, 0.3) is 44.7 Å². The maximum atomic E-state index is 11.2. The van der Waals surface area contributed by atoms with Gasteiger partial charge in [0.15, 0.2) is 0 Å². The molecule has 0 aliphatic rings. The van der Waals surface area contributed by atoms with E-state index < -0.39 is 5.97 Å². The van der Waals surface area contributed by atoms with Crippen molar-refractivity contribution in [2.24, 2.45) is 0 Å². The Morgan fingerprint density at radius 1 is 0.824 bits per heavy atom. The molecule has 4 heteroatoms. The van der Waals surface area contributed by atoms with Crippen LogP contribution in [-0.2, 0) is 0 Å². The molecule has 2 aromatic heterocycles. The first kappa shape index (κ1) is 23.0. The number of nitrogens with zero attached hydrogens (tertiary/aromatic N) is 1. The predicted octanol–water partition coefficient (Wildman–Crippen LogP) is 8.02. The van der Waals surface area contributed by atoms with Crippen molar-refractivity contribution in [3.05, 3.63) is 102 Å². The Bertz CT molecular complexity index is 1450. The molecule has 5 rings (SSSR count). The van der Waals surface area contributed by atoms with Crippen LogP contribution in [0.1, 0.15) is 43.1 Å². The number of carboxylic acids is 1. The van der Waals surface area contributed by atoms with Crippen molar-refractivity contribution in [1.29, 1.82) is 0 Å². The summed E-state index contributed by atoms with van der Waals surface area (Å²) < 4.78 is 0. The van der Waals surface area contributed by atoms with Crippen molar-refractivity contribution >= 4 is 16.9 Å². The highest BCUT2D eigenvalue weighted by atomic mass is 16.4. The number of aromatic carboxylic acids is 1. The summed E-state index contributed by atoms with van der Waals surface area (Å²) in [6, 6.07) is 29.9. The highest BCUT2D eigenvalue weighted by Gasteiger charge is 2.15. The van der Waals surface area contributed by atoms with Crippen molar-refractivity contribution in [3.63, 3.8) is 0 Å². The van der Waals surface area contributed by atoms with Crippen molar-refractivity contribution in [3.8, 4) is 33.8 Å². The summed E-state index contributed by atoms with van der Waals surface area (Å²) in [5.41, 5.74) is 8.47. The van der Waals surface area contributed by atoms with E-state index in [1.54, 1.807) is 12.1 Å². The molecule has 0 aliphatic heterocycles. The largest absolute Gasteiger partial charge is 0.478 e. The number of fused-ring (bicyclic) bond motifs is 1. The van der Waals surface area contributed by atoms with Crippen molar-refractivity contribution < 1.29 is 9.90 Å². The van der Waals surface area contributed by atoms with Crippen LogP contribution in [0.15, 0.2) is 91.0 Å². The third-order valence-corrected chi connectivity index (χ3v) is 5.98. The number of carbonyl (C=O) groups is 1. The normalized spacial score (nSPS) is 10.9. The second-order valence-electron chi connectivity index (χ2n) is 8.49. The van der Waals surface area contributed by atoms with Gasteiger partial charge in [-0.3, -0.25) is 0 Å². The number of para-hydroxylation sites is 1. The number of aromatic amines is 1. The third-order valence-electron chi connectivity index (χ3n) is 5.98. The van der Waals surface area contributed by atoms with Crippen LogP contribution in [0.4, 0.5) is 0 Å². The van der Waals surface area contributed by atoms with Gasteiger partial charge in [-0.2, -0.15) is 0 Å². The van der Waals surface area contributed by atoms with E-state index in [1.165, 1.54) is 5.56 Å². The molecule has 5 aromatic rings. The summed E-state index contributed by atoms with van der Waals surface area (Å²) >= 11 is 0. The maximum Gasteiger partial charge on any atom is 0.335 e. The van der Waals surface area contributed by atoms with E-state index in [2.05, 4.69) is 67.4 Å². The zero-order valence-corrected chi connectivity index (χ0v) is 18.5. The second kappa shape index (κ2) is 9.36. The Balaban J connectivity index is 0.00000274. The molecule has 0 saturated carbocycles. The van der Waals surface area contributed by atoms with Crippen LogP contribution in [0.3, 0.4) is 0 Å². The standard InChI is InChI=1S/C29H24N2O2.CH4/c1-18(2)22-9-6-10-23-24(19-7-4-3-5-8-19)17-27(31-28(22)23)26-16-15-25(30-26)20-11-13-21(14-12-20)29(32)33;/h3-18,30H,1-2H3,(H,32,33);1H4. The summed E-state index contributed by atoms with van der Waals surface area (Å²) in [5, 5.41) is 10.3. The molecule has 0 saturated heterocycles. The Kier molecular flexibility index (Phi) is 6.33. The highest BCUT2D eigenvalue weighted by Crippen LogP contribution is 2.35. The van der Waals surface area contributed by atoms with Crippen molar-refractivity contribution in [2.45, 2.75) is 27.2 Å². The lowest BCUT2D eigenvalue weighted by atomic mass is 9.94. The van der Waals surface area contributed by atoms with E-state index in [1.807, 2.05) is 30.3 Å². The Hall–Kier alpha value is -4.18. The van der Waals surface area contributed by atoms with Crippen molar-refractivity contribution in [2.75, 3.05) is 0 Å². The predicted molar refractivity (Wildman–Crippen MR) is 140 cm³/mol. The minimum Gasteiger partial charge on any atom is -0.478 e. The quantitative estimate of drug-likeness (QED) is 0.286. The van der Waals surface area contributed by atoms with Crippen LogP contribution in [-0.4, -0.2) is 21.0 Å². The molecule has 0 fully saturated rings. The van der Waals surface area contributed by atoms with E-state index in [4.69, 9.17) is 10.1 Å². The van der Waals surface area contributed by atoms with Gasteiger partial charge >= 0.3 is 5.97 Å². The fraction of sp³-hybridized carbons (Fsp3) is 0.133. The van der Waals surface area contributed by atoms with E-state index in [0.717, 1.165) is 44.7 Å². The summed E-state index contributed by atoms with van der Waals surface area (Å²) in [4.78, 5) is 19.7. The van der Waals surface area contributed by atoms with E-state index >= 15 is 0 Å². The topological polar surface area (TPSA) is 66.0 Å². The first-order valence-corrected chi connectivity index (χ1v) is 11.0. The van der Waals surface area contributed by atoms with Crippen molar-refractivity contribution in [1.82, 2.24) is 9.97 Å². The number of nitrogens with one attached hydrogen (secondary N) is 1. The smallest absolute Gasteiger partial charge is 0.335 e. The first-order chi connectivity index (χ1) is 16.0. The molecule has 2 heterocycles. The number of carboxylic acid groups (broad SMARTS) is 1. The lowest BCUT2D eigenvalue weighted by Crippen LogP contribution is -1.96. The molecule has 0 amide bonds. The summed E-state index contributed by atoms with van der Waals surface area (Å²) in [7, 11) is 0. The minimum absolute atomic E-state index is 0. The summed E-state index contributed by atoms with van der Waals surface area (Å²) in [5.74, 6) is -0.574. The second-order valence-corrected chi connectivity index (χ2v) is 8.49. The van der Waals surface area contributed by atoms with Crippen LogP contribution in [0, 0.1) is 0 Å². The van der Waals surface area contributed by atoms with Gasteiger partial charge in [0, 0.05) is 11.1 Å². The number of pyridine rings is 1. The van der Waals surface area contributed by atoms with Gasteiger partial charge in [-0.15, -0.1) is 0 Å². The molecule has 2 N–H and O–H groups in total. The van der Waals surface area contributed by atoms with Gasteiger partial charge in [0.2, 0.25) is 0 Å². The number of aromatic nitrogens is 2. The molecule has 34 heavy (non-hydrogen) atoms. The zero-order chi connectivity index (χ0) is 22.9. The molecule has 0 aliphatic carbocycles. The van der Waals surface area contributed by atoms with Gasteiger partial charge in [0.25, 0.3) is 0 Å². The minimum atomic E-state index is -0.927. The number of hydrogen-bond acceptors (Lipinski definition) is 2. The summed E-state index contributed by atoms with van der Waals surface area (Å²) in [6.45, 7) is 4.39. The van der Waals surface area contributed by atoms with Gasteiger partial charge in [-0.05, 0) is 58.5 Å². The molecule has 0 unspecified atom stereocenters. The highest BCUT2D eigenvalue weighted by molar-refractivity contribution is 5.98. The number of rotatable bonds is 5. The molecule has 0 radical (unpaired) electrons. The van der Waals surface area contributed by atoms with Gasteiger partial charge < -0.3 is 10.1 Å². The zero-order valence-electron chi connectivity index (χ0n) is 18.5. The molecule has 0 atom stereocenters. The number of hydrogen-bond donors (Lipinski definition) is 2. The van der Waals surface area contributed by atoms with Crippen LogP contribution >= 0.6 is 0 Å². The van der Waals surface area contributed by atoms with E-state index in [0.29, 0.717) is 5.92 Å². The average Bonchev–Trinajstić information content (AvgIpc) is 3.34. The third kappa shape index (κ3) is 4.23. The van der Waals surface area contributed by atoms with Crippen LogP contribution in [0.5, 0.6) is 0 Å². The van der Waals surface area contributed by atoms with Gasteiger partial charge in [-0.1, -0.05) is 81.9 Å². The van der Waals surface area contributed by atoms with Gasteiger partial charge in [-0.25, -0.2) is 9.78 Å². The van der Waals surface area contributed by atoms with E-state index in [9.17, 15) is 4.79 Å². The van der Waals surface area contributed by atoms with Gasteiger partial charge in [0.1, 0.15) is 0 Å². The number of benzene rings is 3. The fourth-order valence-electron chi connectivity index (χ4n) is 4.24. The molecule has 3 aromatic carbocycles. The molecular weight excluding hydrogens is 420 g/mol.